The molecule has 0 aromatic heterocycles. The summed E-state index contributed by atoms with van der Waals surface area (Å²) in [5.74, 6) is 1.02. The molecule has 2 nitrogen and oxygen atoms in total. The van der Waals surface area contributed by atoms with Crippen molar-refractivity contribution < 1.29 is 0 Å². The van der Waals surface area contributed by atoms with E-state index in [4.69, 9.17) is 18.0 Å². The molecule has 0 atom stereocenters. The van der Waals surface area contributed by atoms with Crippen molar-refractivity contribution in [2.75, 3.05) is 11.9 Å². The molecule has 1 saturated carbocycles. The zero-order chi connectivity index (χ0) is 12.3. The predicted octanol–water partition coefficient (Wildman–Crippen LogP) is 3.23. The molecular weight excluding hydrogens is 228 g/mol. The zero-order valence-electron chi connectivity index (χ0n) is 10.3. The highest BCUT2D eigenvalue weighted by Crippen LogP contribution is 2.33. The number of nitrogens with two attached hydrogens (primary N) is 1. The molecule has 0 radical (unpaired) electrons. The van der Waals surface area contributed by atoms with Crippen molar-refractivity contribution in [3.63, 3.8) is 0 Å². The fourth-order valence-electron chi connectivity index (χ4n) is 2.08. The Hall–Kier alpha value is -1.09. The molecule has 1 aromatic rings. The Labute approximate surface area is 109 Å². The van der Waals surface area contributed by atoms with Crippen molar-refractivity contribution in [3.8, 4) is 0 Å². The van der Waals surface area contributed by atoms with E-state index in [1.165, 1.54) is 31.4 Å². The zero-order valence-corrected chi connectivity index (χ0v) is 11.1. The molecule has 0 unspecified atom stereocenters. The van der Waals surface area contributed by atoms with Gasteiger partial charge in [-0.1, -0.05) is 25.1 Å². The number of nitrogens with one attached hydrogen (secondary N) is 1. The molecule has 0 saturated heterocycles. The van der Waals surface area contributed by atoms with Crippen LogP contribution >= 0.6 is 12.2 Å². The van der Waals surface area contributed by atoms with E-state index in [-0.39, 0.29) is 0 Å². The van der Waals surface area contributed by atoms with Gasteiger partial charge in [-0.3, -0.25) is 0 Å². The monoisotopic (exact) mass is 248 g/mol. The molecule has 92 valence electrons. The minimum atomic E-state index is 0.475. The average Bonchev–Trinajstić information content (AvgIpc) is 3.08. The van der Waals surface area contributed by atoms with Crippen LogP contribution in [-0.2, 0) is 0 Å². The van der Waals surface area contributed by atoms with Gasteiger partial charge in [0.2, 0.25) is 0 Å². The van der Waals surface area contributed by atoms with Crippen molar-refractivity contribution in [2.45, 2.75) is 32.6 Å². The number of hydrogen-bond acceptors (Lipinski definition) is 2. The first-order chi connectivity index (χ1) is 8.16. The molecule has 1 aromatic carbocycles. The van der Waals surface area contributed by atoms with Gasteiger partial charge in [0.15, 0.2) is 0 Å². The molecule has 2 rings (SSSR count). The molecule has 0 bridgehead atoms. The summed E-state index contributed by atoms with van der Waals surface area (Å²) < 4.78 is 0. The van der Waals surface area contributed by atoms with Gasteiger partial charge in [0.25, 0.3) is 0 Å². The largest absolute Gasteiger partial charge is 0.389 e. The van der Waals surface area contributed by atoms with Crippen LogP contribution in [0.25, 0.3) is 0 Å². The molecule has 0 amide bonds. The van der Waals surface area contributed by atoms with Gasteiger partial charge in [-0.15, -0.1) is 0 Å². The summed E-state index contributed by atoms with van der Waals surface area (Å²) in [6, 6.07) is 6.17. The second-order valence-electron chi connectivity index (χ2n) is 4.91. The highest BCUT2D eigenvalue weighted by atomic mass is 32.1. The molecular formula is C14H20N2S. The van der Waals surface area contributed by atoms with E-state index >= 15 is 0 Å². The van der Waals surface area contributed by atoms with E-state index in [9.17, 15) is 0 Å². The highest BCUT2D eigenvalue weighted by molar-refractivity contribution is 7.80. The maximum absolute atomic E-state index is 5.64. The van der Waals surface area contributed by atoms with Crippen LogP contribution in [0, 0.1) is 12.8 Å². The van der Waals surface area contributed by atoms with E-state index in [0.29, 0.717) is 4.99 Å². The minimum absolute atomic E-state index is 0.475. The number of anilines is 1. The first-order valence-corrected chi connectivity index (χ1v) is 6.72. The van der Waals surface area contributed by atoms with Crippen LogP contribution in [0.1, 0.15) is 36.8 Å². The number of hydrogen-bond donors (Lipinski definition) is 2. The van der Waals surface area contributed by atoms with E-state index < -0.39 is 0 Å². The third-order valence-corrected chi connectivity index (χ3v) is 3.53. The van der Waals surface area contributed by atoms with Crippen LogP contribution < -0.4 is 11.1 Å². The van der Waals surface area contributed by atoms with Crippen molar-refractivity contribution in [2.24, 2.45) is 11.7 Å². The fraction of sp³-hybridized carbons (Fsp3) is 0.500. The van der Waals surface area contributed by atoms with Gasteiger partial charge in [0.1, 0.15) is 4.99 Å². The first-order valence-electron chi connectivity index (χ1n) is 6.31. The average molecular weight is 248 g/mol. The SMILES string of the molecule is Cc1cc(NCCCC2CC2)ccc1C(N)=S. The third-order valence-electron chi connectivity index (χ3n) is 3.31. The normalized spacial score (nSPS) is 14.6. The van der Waals surface area contributed by atoms with E-state index in [1.54, 1.807) is 0 Å². The van der Waals surface area contributed by atoms with Gasteiger partial charge >= 0.3 is 0 Å². The Kier molecular flexibility index (Phi) is 4.00. The molecule has 1 fully saturated rings. The summed E-state index contributed by atoms with van der Waals surface area (Å²) >= 11 is 4.99. The van der Waals surface area contributed by atoms with Gasteiger partial charge < -0.3 is 11.1 Å². The Bertz CT molecular complexity index is 411. The topological polar surface area (TPSA) is 38.0 Å². The fourth-order valence-corrected chi connectivity index (χ4v) is 2.31. The van der Waals surface area contributed by atoms with Crippen molar-refractivity contribution in [1.29, 1.82) is 0 Å². The van der Waals surface area contributed by atoms with Crippen LogP contribution in [0.3, 0.4) is 0 Å². The van der Waals surface area contributed by atoms with Gasteiger partial charge in [-0.05, 0) is 49.4 Å². The Morgan fingerprint density at radius 1 is 1.47 bits per heavy atom. The van der Waals surface area contributed by atoms with Crippen LogP contribution in [0.15, 0.2) is 18.2 Å². The second-order valence-corrected chi connectivity index (χ2v) is 5.35. The quantitative estimate of drug-likeness (QED) is 0.599. The standard InChI is InChI=1S/C14H20N2S/c1-10-9-12(6-7-13(10)14(15)17)16-8-2-3-11-4-5-11/h6-7,9,11,16H,2-5,8H2,1H3,(H2,15,17). The summed E-state index contributed by atoms with van der Waals surface area (Å²) in [6.45, 7) is 3.10. The van der Waals surface area contributed by atoms with Crippen LogP contribution in [-0.4, -0.2) is 11.5 Å². The van der Waals surface area contributed by atoms with Crippen molar-refractivity contribution >= 4 is 22.9 Å². The summed E-state index contributed by atoms with van der Waals surface area (Å²) in [7, 11) is 0. The maximum Gasteiger partial charge on any atom is 0.104 e. The lowest BCUT2D eigenvalue weighted by Gasteiger charge is -2.09. The molecule has 17 heavy (non-hydrogen) atoms. The second kappa shape index (κ2) is 5.50. The summed E-state index contributed by atoms with van der Waals surface area (Å²) in [5.41, 5.74) is 8.92. The van der Waals surface area contributed by atoms with E-state index in [0.717, 1.165) is 23.6 Å². The number of rotatable bonds is 6. The Balaban J connectivity index is 1.83. The number of benzene rings is 1. The minimum Gasteiger partial charge on any atom is -0.389 e. The summed E-state index contributed by atoms with van der Waals surface area (Å²) in [4.78, 5) is 0.475. The molecule has 3 N–H and O–H groups in total. The molecule has 0 heterocycles. The lowest BCUT2D eigenvalue weighted by atomic mass is 10.1. The molecule has 0 aliphatic heterocycles. The van der Waals surface area contributed by atoms with Crippen molar-refractivity contribution in [3.05, 3.63) is 29.3 Å². The first kappa shape index (κ1) is 12.4. The van der Waals surface area contributed by atoms with Crippen molar-refractivity contribution in [1.82, 2.24) is 0 Å². The lowest BCUT2D eigenvalue weighted by molar-refractivity contribution is 0.687. The van der Waals surface area contributed by atoms with Gasteiger partial charge in [0.05, 0.1) is 0 Å². The molecule has 3 heteroatoms. The van der Waals surface area contributed by atoms with E-state index in [1.807, 2.05) is 13.0 Å². The molecule has 0 spiro atoms. The smallest absolute Gasteiger partial charge is 0.104 e. The van der Waals surface area contributed by atoms with Gasteiger partial charge in [0, 0.05) is 17.8 Å². The van der Waals surface area contributed by atoms with Crippen LogP contribution in [0.5, 0.6) is 0 Å². The maximum atomic E-state index is 5.64. The van der Waals surface area contributed by atoms with E-state index in [2.05, 4.69) is 17.4 Å². The Morgan fingerprint density at radius 2 is 2.24 bits per heavy atom. The molecule has 1 aliphatic carbocycles. The van der Waals surface area contributed by atoms with Crippen LogP contribution in [0.4, 0.5) is 5.69 Å². The third kappa shape index (κ3) is 3.70. The van der Waals surface area contributed by atoms with Gasteiger partial charge in [-0.2, -0.15) is 0 Å². The summed E-state index contributed by atoms with van der Waals surface area (Å²) in [6.07, 6.45) is 5.53. The predicted molar refractivity (Wildman–Crippen MR) is 77.5 cm³/mol. The number of aryl methyl sites for hydroxylation is 1. The highest BCUT2D eigenvalue weighted by Gasteiger charge is 2.19. The number of thiocarbonyl (C=S) groups is 1. The summed E-state index contributed by atoms with van der Waals surface area (Å²) in [5, 5.41) is 3.45. The van der Waals surface area contributed by atoms with Gasteiger partial charge in [-0.25, -0.2) is 0 Å². The van der Waals surface area contributed by atoms with Crippen LogP contribution in [0.2, 0.25) is 0 Å². The molecule has 1 aliphatic rings. The lowest BCUT2D eigenvalue weighted by Crippen LogP contribution is -2.11. The Morgan fingerprint density at radius 3 is 2.82 bits per heavy atom.